The van der Waals surface area contributed by atoms with Gasteiger partial charge in [0.1, 0.15) is 6.61 Å². The van der Waals surface area contributed by atoms with Crippen LogP contribution in [0.4, 0.5) is 0 Å². The van der Waals surface area contributed by atoms with Crippen LogP contribution in [0.15, 0.2) is 60.8 Å². The summed E-state index contributed by atoms with van der Waals surface area (Å²) < 4.78 is 5.60. The standard InChI is InChI=1S/C22H24N2O2/c25-22(16-26-15-17-6-2-1-3-7-17)24-12-10-18(11-13-24)20-14-23-21-9-5-4-8-19(20)21/h1-9,14,18,23H,10-13,15-16H2. The van der Waals surface area contributed by atoms with Gasteiger partial charge in [0.05, 0.1) is 6.61 Å². The number of nitrogens with zero attached hydrogens (tertiary/aromatic N) is 1. The number of para-hydroxylation sites is 1. The Morgan fingerprint density at radius 3 is 2.58 bits per heavy atom. The Kier molecular flexibility index (Phi) is 5.02. The predicted octanol–water partition coefficient (Wildman–Crippen LogP) is 4.09. The summed E-state index contributed by atoms with van der Waals surface area (Å²) >= 11 is 0. The zero-order chi connectivity index (χ0) is 17.8. The Morgan fingerprint density at radius 1 is 1.04 bits per heavy atom. The highest BCUT2D eigenvalue weighted by Crippen LogP contribution is 2.33. The van der Waals surface area contributed by atoms with Gasteiger partial charge >= 0.3 is 0 Å². The van der Waals surface area contributed by atoms with E-state index in [2.05, 4.69) is 35.4 Å². The molecule has 0 aliphatic carbocycles. The van der Waals surface area contributed by atoms with Crippen molar-refractivity contribution in [3.8, 4) is 0 Å². The van der Waals surface area contributed by atoms with Gasteiger partial charge in [-0.25, -0.2) is 0 Å². The highest BCUT2D eigenvalue weighted by Gasteiger charge is 2.25. The van der Waals surface area contributed by atoms with Gasteiger partial charge in [-0.05, 0) is 36.0 Å². The minimum Gasteiger partial charge on any atom is -0.367 e. The van der Waals surface area contributed by atoms with Crippen LogP contribution in [0, 0.1) is 0 Å². The quantitative estimate of drug-likeness (QED) is 0.755. The Hall–Kier alpha value is -2.59. The molecule has 4 rings (SSSR count). The Balaban J connectivity index is 1.28. The predicted molar refractivity (Wildman–Crippen MR) is 103 cm³/mol. The lowest BCUT2D eigenvalue weighted by atomic mass is 9.89. The van der Waals surface area contributed by atoms with Crippen LogP contribution in [0.3, 0.4) is 0 Å². The average Bonchev–Trinajstić information content (AvgIpc) is 3.13. The minimum absolute atomic E-state index is 0.0957. The lowest BCUT2D eigenvalue weighted by Crippen LogP contribution is -2.39. The molecule has 4 heteroatoms. The van der Waals surface area contributed by atoms with E-state index >= 15 is 0 Å². The molecule has 134 valence electrons. The molecule has 0 radical (unpaired) electrons. The molecule has 26 heavy (non-hydrogen) atoms. The van der Waals surface area contributed by atoms with Crippen LogP contribution in [-0.2, 0) is 16.1 Å². The van der Waals surface area contributed by atoms with Gasteiger partial charge in [-0.1, -0.05) is 48.5 Å². The number of ether oxygens (including phenoxy) is 1. The molecule has 1 N–H and O–H groups in total. The number of aromatic nitrogens is 1. The van der Waals surface area contributed by atoms with Gasteiger partial charge in [-0.2, -0.15) is 0 Å². The third-order valence-corrected chi connectivity index (χ3v) is 5.25. The summed E-state index contributed by atoms with van der Waals surface area (Å²) in [4.78, 5) is 17.7. The summed E-state index contributed by atoms with van der Waals surface area (Å²) in [5.74, 6) is 0.610. The van der Waals surface area contributed by atoms with Crippen LogP contribution in [-0.4, -0.2) is 35.5 Å². The molecular weight excluding hydrogens is 324 g/mol. The molecule has 3 aromatic rings. The van der Waals surface area contributed by atoms with Crippen LogP contribution in [0.25, 0.3) is 10.9 Å². The molecule has 0 spiro atoms. The summed E-state index contributed by atoms with van der Waals surface area (Å²) in [6.07, 6.45) is 4.15. The number of nitrogens with one attached hydrogen (secondary N) is 1. The van der Waals surface area contributed by atoms with E-state index in [9.17, 15) is 4.79 Å². The summed E-state index contributed by atoms with van der Waals surface area (Å²) in [6, 6.07) is 18.4. The number of H-pyrrole nitrogens is 1. The van der Waals surface area contributed by atoms with Gasteiger partial charge in [0.25, 0.3) is 0 Å². The average molecular weight is 348 g/mol. The summed E-state index contributed by atoms with van der Waals surface area (Å²) in [5, 5.41) is 1.31. The first-order chi connectivity index (χ1) is 12.8. The van der Waals surface area contributed by atoms with E-state index in [1.807, 2.05) is 35.2 Å². The van der Waals surface area contributed by atoms with Crippen molar-refractivity contribution in [3.63, 3.8) is 0 Å². The second-order valence-electron chi connectivity index (χ2n) is 6.92. The third kappa shape index (κ3) is 3.65. The monoisotopic (exact) mass is 348 g/mol. The van der Waals surface area contributed by atoms with Crippen LogP contribution in [0.1, 0.15) is 29.9 Å². The zero-order valence-electron chi connectivity index (χ0n) is 14.9. The Morgan fingerprint density at radius 2 is 1.77 bits per heavy atom. The fourth-order valence-electron chi connectivity index (χ4n) is 3.79. The van der Waals surface area contributed by atoms with Gasteiger partial charge in [-0.3, -0.25) is 4.79 Å². The number of likely N-dealkylation sites (tertiary alicyclic amines) is 1. The van der Waals surface area contributed by atoms with Crippen molar-refractivity contribution in [3.05, 3.63) is 71.9 Å². The maximum Gasteiger partial charge on any atom is 0.248 e. The Bertz CT molecular complexity index is 864. The second kappa shape index (κ2) is 7.75. The van der Waals surface area contributed by atoms with Crippen molar-refractivity contribution in [2.75, 3.05) is 19.7 Å². The lowest BCUT2D eigenvalue weighted by molar-refractivity contribution is -0.137. The SMILES string of the molecule is O=C(COCc1ccccc1)N1CCC(c2c[nH]c3ccccc23)CC1. The number of fused-ring (bicyclic) bond motifs is 1. The highest BCUT2D eigenvalue weighted by molar-refractivity contribution is 5.83. The maximum atomic E-state index is 12.4. The second-order valence-corrected chi connectivity index (χ2v) is 6.92. The van der Waals surface area contributed by atoms with E-state index in [4.69, 9.17) is 4.74 Å². The van der Waals surface area contributed by atoms with Crippen molar-refractivity contribution < 1.29 is 9.53 Å². The third-order valence-electron chi connectivity index (χ3n) is 5.25. The number of benzene rings is 2. The molecule has 4 nitrogen and oxygen atoms in total. The molecular formula is C22H24N2O2. The number of piperidine rings is 1. The molecule has 1 aliphatic rings. The van der Waals surface area contributed by atoms with Crippen LogP contribution in [0.5, 0.6) is 0 Å². The van der Waals surface area contributed by atoms with Crippen LogP contribution >= 0.6 is 0 Å². The van der Waals surface area contributed by atoms with E-state index in [-0.39, 0.29) is 12.5 Å². The highest BCUT2D eigenvalue weighted by atomic mass is 16.5. The molecule has 2 heterocycles. The van der Waals surface area contributed by atoms with Gasteiger partial charge in [-0.15, -0.1) is 0 Å². The number of hydrogen-bond donors (Lipinski definition) is 1. The van der Waals surface area contributed by atoms with Crippen molar-refractivity contribution in [1.29, 1.82) is 0 Å². The largest absolute Gasteiger partial charge is 0.367 e. The van der Waals surface area contributed by atoms with Crippen molar-refractivity contribution >= 4 is 16.8 Å². The van der Waals surface area contributed by atoms with E-state index in [1.165, 1.54) is 16.5 Å². The molecule has 2 aromatic carbocycles. The fourth-order valence-corrected chi connectivity index (χ4v) is 3.79. The van der Waals surface area contributed by atoms with E-state index in [0.717, 1.165) is 31.5 Å². The molecule has 1 amide bonds. The van der Waals surface area contributed by atoms with Crippen molar-refractivity contribution in [1.82, 2.24) is 9.88 Å². The summed E-state index contributed by atoms with van der Waals surface area (Å²) in [7, 11) is 0. The van der Waals surface area contributed by atoms with Gasteiger partial charge in [0.2, 0.25) is 5.91 Å². The first-order valence-corrected chi connectivity index (χ1v) is 9.27. The lowest BCUT2D eigenvalue weighted by Gasteiger charge is -2.32. The number of amides is 1. The van der Waals surface area contributed by atoms with Crippen LogP contribution < -0.4 is 0 Å². The first kappa shape index (κ1) is 16.9. The van der Waals surface area contributed by atoms with E-state index < -0.39 is 0 Å². The molecule has 0 unspecified atom stereocenters. The molecule has 1 fully saturated rings. The summed E-state index contributed by atoms with van der Waals surface area (Å²) in [5.41, 5.74) is 3.67. The molecule has 1 saturated heterocycles. The number of carbonyl (C=O) groups excluding carboxylic acids is 1. The zero-order valence-corrected chi connectivity index (χ0v) is 14.9. The van der Waals surface area contributed by atoms with Gasteiger partial charge < -0.3 is 14.6 Å². The number of carbonyl (C=O) groups is 1. The Labute approximate surface area is 153 Å². The van der Waals surface area contributed by atoms with Crippen molar-refractivity contribution in [2.45, 2.75) is 25.4 Å². The van der Waals surface area contributed by atoms with E-state index in [1.54, 1.807) is 0 Å². The summed E-state index contributed by atoms with van der Waals surface area (Å²) in [6.45, 7) is 2.25. The maximum absolute atomic E-state index is 12.4. The van der Waals surface area contributed by atoms with Gasteiger partial charge in [0, 0.05) is 30.2 Å². The van der Waals surface area contributed by atoms with Crippen LogP contribution in [0.2, 0.25) is 0 Å². The minimum atomic E-state index is 0.0957. The van der Waals surface area contributed by atoms with Crippen molar-refractivity contribution in [2.24, 2.45) is 0 Å². The molecule has 1 aromatic heterocycles. The normalized spacial score (nSPS) is 15.5. The molecule has 0 saturated carbocycles. The topological polar surface area (TPSA) is 45.3 Å². The van der Waals surface area contributed by atoms with Gasteiger partial charge in [0.15, 0.2) is 0 Å². The van der Waals surface area contributed by atoms with E-state index in [0.29, 0.717) is 12.5 Å². The number of aromatic amines is 1. The molecule has 0 atom stereocenters. The molecule has 1 aliphatic heterocycles. The number of rotatable bonds is 5. The molecule has 0 bridgehead atoms. The smallest absolute Gasteiger partial charge is 0.248 e. The first-order valence-electron chi connectivity index (χ1n) is 9.27. The number of hydrogen-bond acceptors (Lipinski definition) is 2. The fraction of sp³-hybridized carbons (Fsp3) is 0.318.